The highest BCUT2D eigenvalue weighted by atomic mass is 31.1. The minimum absolute atomic E-state index is 0.0509. The fourth-order valence-corrected chi connectivity index (χ4v) is 0. The fraction of sp³-hybridized carbons (Fsp3) is 0.667. The highest BCUT2D eigenvalue weighted by Crippen LogP contribution is 1.99. The lowest BCUT2D eigenvalue weighted by Gasteiger charge is -1.72. The normalized spacial score (nSPS) is 19.4. The van der Waals surface area contributed by atoms with Gasteiger partial charge in [0.2, 0.25) is 0 Å². The first kappa shape index (κ1) is 2.30. The largest absolute Gasteiger partial charge is 0.295 e. The van der Waals surface area contributed by atoms with Gasteiger partial charge in [-0.1, -0.05) is 8.53 Å². The maximum atomic E-state index is 10.1. The first-order chi connectivity index (χ1) is 3.18. The molecule has 0 aromatic carbocycles. The zero-order valence-electron chi connectivity index (χ0n) is 5.06. The van der Waals surface area contributed by atoms with E-state index in [9.17, 15) is 4.79 Å². The molecule has 0 aliphatic rings. The average molecular weight is 94.1 g/mol. The summed E-state index contributed by atoms with van der Waals surface area (Å²) in [5.41, 5.74) is -0.162. The molecule has 0 saturated carbocycles. The van der Waals surface area contributed by atoms with Crippen LogP contribution in [0.3, 0.4) is 0 Å². The zero-order valence-corrected chi connectivity index (χ0v) is 3.96. The molecule has 0 bridgehead atoms. The van der Waals surface area contributed by atoms with E-state index in [0.717, 1.165) is 0 Å². The molecule has 0 aromatic heterocycles. The smallest absolute Gasteiger partial charge is 0.148 e. The van der Waals surface area contributed by atoms with Crippen molar-refractivity contribution in [1.82, 2.24) is 0 Å². The van der Waals surface area contributed by atoms with Gasteiger partial charge in [-0.3, -0.25) is 4.79 Å². The Kier molecular flexibility index (Phi) is 1.08. The summed E-state index contributed by atoms with van der Waals surface area (Å²) in [6.45, 7) is 1.30. The highest BCUT2D eigenvalue weighted by molar-refractivity contribution is 7.56. The van der Waals surface area contributed by atoms with Crippen LogP contribution in [0, 0.1) is 0 Å². The van der Waals surface area contributed by atoms with E-state index >= 15 is 0 Å². The average Bonchev–Trinajstić information content (AvgIpc) is 1.65. The van der Waals surface area contributed by atoms with Crippen LogP contribution in [0.1, 0.15) is 8.29 Å². The molecule has 2 heteroatoms. The Balaban J connectivity index is 3.34. The minimum atomic E-state index is -1.36. The molecule has 0 radical (unpaired) electrons. The lowest BCUT2D eigenvalue weighted by molar-refractivity contribution is -0.109. The second-order valence-corrected chi connectivity index (χ2v) is 1.62. The molecule has 0 spiro atoms. The summed E-state index contributed by atoms with van der Waals surface area (Å²) in [7, 11) is -1.36. The molecule has 0 fully saturated rings. The lowest BCUT2D eigenvalue weighted by Crippen LogP contribution is -1.68. The molecular weight excluding hydrogens is 83.0 g/mol. The SMILES string of the molecule is [3H]CP([3H])C(C)=O. The molecule has 0 aliphatic heterocycles. The zero-order chi connectivity index (χ0) is 5.86. The standard InChI is InChI=1S/C3H7OP/c1-3(4)5-2/h5H,1-2H3/i2T,5T. The van der Waals surface area contributed by atoms with Gasteiger partial charge in [0.05, 0.1) is 1.28 Å². The van der Waals surface area contributed by atoms with Crippen molar-refractivity contribution in [2.45, 2.75) is 6.92 Å². The van der Waals surface area contributed by atoms with Crippen molar-refractivity contribution in [3.05, 3.63) is 0 Å². The van der Waals surface area contributed by atoms with Crippen molar-refractivity contribution in [2.24, 2.45) is 0 Å². The summed E-state index contributed by atoms with van der Waals surface area (Å²) < 4.78 is 13.4. The van der Waals surface area contributed by atoms with Gasteiger partial charge in [-0.05, 0) is 13.6 Å². The Morgan fingerprint density at radius 2 is 3.00 bits per heavy atom. The van der Waals surface area contributed by atoms with Crippen LogP contribution >= 0.6 is 8.53 Å². The van der Waals surface area contributed by atoms with Crippen LogP contribution in [0.5, 0.6) is 0 Å². The maximum Gasteiger partial charge on any atom is 0.148 e. The van der Waals surface area contributed by atoms with Crippen molar-refractivity contribution < 1.29 is 6.17 Å². The van der Waals surface area contributed by atoms with Gasteiger partial charge in [0, 0.05) is 1.37 Å². The van der Waals surface area contributed by atoms with E-state index in [-0.39, 0.29) is 12.2 Å². The summed E-state index contributed by atoms with van der Waals surface area (Å²) in [5, 5.41) is 0. The third kappa shape index (κ3) is 4.10. The second-order valence-electron chi connectivity index (χ2n) is 0.677. The topological polar surface area (TPSA) is 17.1 Å². The molecule has 5 heavy (non-hydrogen) atoms. The third-order valence-corrected chi connectivity index (χ3v) is 0.668. The van der Waals surface area contributed by atoms with Crippen LogP contribution in [0.2, 0.25) is 0 Å². The van der Waals surface area contributed by atoms with Gasteiger partial charge >= 0.3 is 0 Å². The summed E-state index contributed by atoms with van der Waals surface area (Å²) in [4.78, 5) is 10.1. The van der Waals surface area contributed by atoms with Gasteiger partial charge in [-0.25, -0.2) is 0 Å². The van der Waals surface area contributed by atoms with Crippen molar-refractivity contribution in [3.8, 4) is 0 Å². The van der Waals surface area contributed by atoms with Crippen LogP contribution in [0.25, 0.3) is 0 Å². The second kappa shape index (κ2) is 2.34. The minimum Gasteiger partial charge on any atom is -0.295 e. The van der Waals surface area contributed by atoms with Gasteiger partial charge in [0.25, 0.3) is 0 Å². The van der Waals surface area contributed by atoms with Gasteiger partial charge in [-0.15, -0.1) is 0 Å². The van der Waals surface area contributed by atoms with Crippen LogP contribution in [0.4, 0.5) is 0 Å². The van der Waals surface area contributed by atoms with Crippen molar-refractivity contribution in [3.63, 3.8) is 0 Å². The molecule has 0 aliphatic carbocycles. The molecule has 0 aromatic rings. The molecule has 0 heterocycles. The number of hydrogen-bond acceptors (Lipinski definition) is 1. The van der Waals surface area contributed by atoms with E-state index in [1.54, 1.807) is 0 Å². The monoisotopic (exact) mass is 94.0 g/mol. The summed E-state index contributed by atoms with van der Waals surface area (Å²) in [6.07, 6.45) is 0. The Labute approximate surface area is 36.2 Å². The van der Waals surface area contributed by atoms with Crippen LogP contribution in [-0.2, 0) is 4.79 Å². The van der Waals surface area contributed by atoms with Crippen molar-refractivity contribution in [1.29, 1.82) is 1.28 Å². The van der Waals surface area contributed by atoms with E-state index in [1.807, 2.05) is 0 Å². The molecule has 0 rings (SSSR count). The first-order valence-corrected chi connectivity index (χ1v) is 2.32. The number of carbonyl (C=O) groups is 1. The number of carbonyl (C=O) groups excluding carboxylic acids is 1. The molecule has 0 amide bonds. The maximum absolute atomic E-state index is 10.1. The first-order valence-electron chi connectivity index (χ1n) is 2.40. The van der Waals surface area contributed by atoms with E-state index in [4.69, 9.17) is 2.65 Å². The Bertz CT molecular complexity index is 75.3. The highest BCUT2D eigenvalue weighted by Gasteiger charge is 1.76. The fourth-order valence-electron chi connectivity index (χ4n) is 0. The predicted octanol–water partition coefficient (Wildman–Crippen LogP) is 0.841. The van der Waals surface area contributed by atoms with Gasteiger partial charge in [0.15, 0.2) is 0 Å². The molecule has 0 saturated heterocycles. The van der Waals surface area contributed by atoms with Crippen LogP contribution in [0.15, 0.2) is 0 Å². The molecule has 1 nitrogen and oxygen atoms in total. The van der Waals surface area contributed by atoms with E-state index in [0.29, 0.717) is 0 Å². The quantitative estimate of drug-likeness (QED) is 0.440. The molecule has 1 atom stereocenters. The Hall–Kier alpha value is 0.100. The van der Waals surface area contributed by atoms with E-state index in [2.05, 4.69) is 0 Å². The molecule has 0 N–H and O–H groups in total. The van der Waals surface area contributed by atoms with E-state index in [1.165, 1.54) is 6.92 Å². The Morgan fingerprint density at radius 3 is 3.00 bits per heavy atom. The van der Waals surface area contributed by atoms with Crippen LogP contribution < -0.4 is 0 Å². The molecule has 1 unspecified atom stereocenters. The molecule has 30 valence electrons. The van der Waals surface area contributed by atoms with Crippen LogP contribution in [-0.4, -0.2) is 13.4 Å². The van der Waals surface area contributed by atoms with Crippen molar-refractivity contribution >= 4 is 14.1 Å². The number of rotatable bonds is 1. The summed E-state index contributed by atoms with van der Waals surface area (Å²) >= 11 is 0. The third-order valence-electron chi connectivity index (χ3n) is 0.223. The summed E-state index contributed by atoms with van der Waals surface area (Å²) in [6, 6.07) is 0. The van der Waals surface area contributed by atoms with Gasteiger partial charge in [-0.2, -0.15) is 0 Å². The summed E-state index contributed by atoms with van der Waals surface area (Å²) in [5.74, 6) is 0. The number of hydrogen-bond donors (Lipinski definition) is 0. The van der Waals surface area contributed by atoms with E-state index < -0.39 is 8.53 Å². The van der Waals surface area contributed by atoms with Gasteiger partial charge in [0.1, 0.15) is 5.52 Å². The predicted molar refractivity (Wildman–Crippen MR) is 24.9 cm³/mol. The Morgan fingerprint density at radius 1 is 2.40 bits per heavy atom. The molecular formula is C3H7OP. The van der Waals surface area contributed by atoms with Gasteiger partial charge < -0.3 is 0 Å². The van der Waals surface area contributed by atoms with Crippen molar-refractivity contribution in [2.75, 3.05) is 6.64 Å². The lowest BCUT2D eigenvalue weighted by atomic mass is 10.9.